The van der Waals surface area contributed by atoms with Crippen LogP contribution in [0.15, 0.2) is 60.2 Å². The Hall–Kier alpha value is -3.61. The van der Waals surface area contributed by atoms with Crippen LogP contribution in [-0.2, 0) is 14.3 Å². The van der Waals surface area contributed by atoms with Crippen LogP contribution in [0, 0.1) is 5.41 Å². The number of amides is 2. The maximum Gasteiger partial charge on any atom is 0.407 e. The second-order valence-electron chi connectivity index (χ2n) is 9.72. The Labute approximate surface area is 200 Å². The van der Waals surface area contributed by atoms with Crippen LogP contribution in [0.25, 0.3) is 11.1 Å². The van der Waals surface area contributed by atoms with Crippen molar-refractivity contribution in [1.29, 1.82) is 0 Å². The van der Waals surface area contributed by atoms with Crippen molar-refractivity contribution in [1.82, 2.24) is 10.6 Å². The summed E-state index contributed by atoms with van der Waals surface area (Å²) >= 11 is 0. The van der Waals surface area contributed by atoms with Gasteiger partial charge in [0, 0.05) is 18.0 Å². The topological polar surface area (TPSA) is 105 Å². The van der Waals surface area contributed by atoms with Crippen molar-refractivity contribution < 1.29 is 24.2 Å². The Bertz CT molecular complexity index is 1050. The molecule has 0 bridgehead atoms. The largest absolute Gasteiger partial charge is 0.480 e. The molecule has 2 amide bonds. The van der Waals surface area contributed by atoms with Crippen molar-refractivity contribution in [2.24, 2.45) is 5.41 Å². The lowest BCUT2D eigenvalue weighted by molar-refractivity contribution is -0.142. The predicted octanol–water partition coefficient (Wildman–Crippen LogP) is 4.48. The number of carbonyl (C=O) groups excluding carboxylic acids is 2. The van der Waals surface area contributed by atoms with Crippen molar-refractivity contribution in [2.75, 3.05) is 13.2 Å². The van der Waals surface area contributed by atoms with E-state index < -0.39 is 24.0 Å². The number of rotatable bonds is 8. The number of benzene rings is 2. The Morgan fingerprint density at radius 3 is 2.12 bits per heavy atom. The van der Waals surface area contributed by atoms with Gasteiger partial charge in [-0.1, -0.05) is 75.4 Å². The molecule has 0 saturated carbocycles. The van der Waals surface area contributed by atoms with E-state index in [-0.39, 0.29) is 24.5 Å². The van der Waals surface area contributed by atoms with Crippen LogP contribution < -0.4 is 10.6 Å². The van der Waals surface area contributed by atoms with E-state index in [1.807, 2.05) is 45.0 Å². The van der Waals surface area contributed by atoms with Gasteiger partial charge >= 0.3 is 12.1 Å². The summed E-state index contributed by atoms with van der Waals surface area (Å²) in [7, 11) is 0. The number of ether oxygens (including phenoxy) is 1. The highest BCUT2D eigenvalue weighted by atomic mass is 16.5. The fourth-order valence-electron chi connectivity index (χ4n) is 4.11. The minimum atomic E-state index is -1.08. The van der Waals surface area contributed by atoms with Crippen molar-refractivity contribution >= 4 is 18.0 Å². The van der Waals surface area contributed by atoms with E-state index in [1.165, 1.54) is 6.08 Å². The van der Waals surface area contributed by atoms with Gasteiger partial charge in [-0.05, 0) is 41.0 Å². The first kappa shape index (κ1) is 25.0. The Balaban J connectivity index is 1.52. The maximum atomic E-state index is 12.4. The van der Waals surface area contributed by atoms with Crippen molar-refractivity contribution in [2.45, 2.75) is 46.1 Å². The summed E-state index contributed by atoms with van der Waals surface area (Å²) in [4.78, 5) is 36.1. The van der Waals surface area contributed by atoms with Crippen LogP contribution in [0.1, 0.15) is 51.2 Å². The molecule has 1 atom stereocenters. The fraction of sp³-hybridized carbons (Fsp3) is 0.370. The van der Waals surface area contributed by atoms with Gasteiger partial charge in [0.2, 0.25) is 5.91 Å². The lowest BCUT2D eigenvalue weighted by Crippen LogP contribution is -2.43. The normalized spacial score (nSPS) is 14.1. The molecule has 0 heterocycles. The Kier molecular flexibility index (Phi) is 7.76. The first-order valence-electron chi connectivity index (χ1n) is 11.4. The molecule has 1 aliphatic carbocycles. The molecule has 0 saturated heterocycles. The maximum absolute atomic E-state index is 12.4. The van der Waals surface area contributed by atoms with Gasteiger partial charge in [-0.3, -0.25) is 4.79 Å². The van der Waals surface area contributed by atoms with E-state index in [2.05, 4.69) is 34.9 Å². The average molecular weight is 465 g/mol. The number of carboxylic acid groups (broad SMARTS) is 1. The summed E-state index contributed by atoms with van der Waals surface area (Å²) in [5.41, 5.74) is 4.64. The molecule has 0 spiro atoms. The van der Waals surface area contributed by atoms with Crippen LogP contribution in [0.4, 0.5) is 4.79 Å². The van der Waals surface area contributed by atoms with E-state index in [4.69, 9.17) is 4.74 Å². The highest BCUT2D eigenvalue weighted by Gasteiger charge is 2.29. The number of nitrogens with one attached hydrogen (secondary N) is 2. The minimum Gasteiger partial charge on any atom is -0.480 e. The van der Waals surface area contributed by atoms with E-state index >= 15 is 0 Å². The summed E-state index contributed by atoms with van der Waals surface area (Å²) in [6, 6.07) is 15.2. The number of aliphatic carboxylic acids is 1. The summed E-state index contributed by atoms with van der Waals surface area (Å²) in [6.07, 6.45) is 1.26. The van der Waals surface area contributed by atoms with Gasteiger partial charge in [0.15, 0.2) is 0 Å². The molecular weight excluding hydrogens is 432 g/mol. The number of hydrogen-bond donors (Lipinski definition) is 3. The standard InChI is InChI=1S/C27H32N2O5/c1-17(24(30)29-23(25(31)32)15-27(2,3)4)13-14-28-26(33)34-16-22-20-11-7-5-9-18(20)19-10-6-8-12-21(19)22/h5-13,22-23H,14-16H2,1-4H3,(H,28,33)(H,29,30)(H,31,32)/b17-13+. The molecule has 34 heavy (non-hydrogen) atoms. The molecule has 0 aromatic heterocycles. The number of fused-ring (bicyclic) bond motifs is 3. The van der Waals surface area contributed by atoms with Gasteiger partial charge in [-0.25, -0.2) is 9.59 Å². The van der Waals surface area contributed by atoms with Gasteiger partial charge in [-0.15, -0.1) is 0 Å². The predicted molar refractivity (Wildman–Crippen MR) is 130 cm³/mol. The monoisotopic (exact) mass is 464 g/mol. The van der Waals surface area contributed by atoms with E-state index in [0.29, 0.717) is 12.0 Å². The number of carboxylic acids is 1. The Morgan fingerprint density at radius 1 is 1.03 bits per heavy atom. The first-order valence-corrected chi connectivity index (χ1v) is 11.4. The van der Waals surface area contributed by atoms with Crippen LogP contribution in [0.5, 0.6) is 0 Å². The molecule has 3 rings (SSSR count). The average Bonchev–Trinajstić information content (AvgIpc) is 3.10. The molecule has 0 aliphatic heterocycles. The van der Waals surface area contributed by atoms with Gasteiger partial charge in [-0.2, -0.15) is 0 Å². The van der Waals surface area contributed by atoms with E-state index in [9.17, 15) is 19.5 Å². The molecule has 2 aromatic carbocycles. The fourth-order valence-corrected chi connectivity index (χ4v) is 4.11. The quantitative estimate of drug-likeness (QED) is 0.500. The summed E-state index contributed by atoms with van der Waals surface area (Å²) in [5, 5.41) is 14.5. The van der Waals surface area contributed by atoms with Gasteiger partial charge in [0.05, 0.1) is 0 Å². The SMILES string of the molecule is C/C(=C\CNC(=O)OCC1c2ccccc2-c2ccccc21)C(=O)NC(CC(C)(C)C)C(=O)O. The van der Waals surface area contributed by atoms with E-state index in [1.54, 1.807) is 6.92 Å². The molecule has 3 N–H and O–H groups in total. The molecule has 0 fully saturated rings. The minimum absolute atomic E-state index is 0.0306. The van der Waals surface area contributed by atoms with Crippen LogP contribution in [-0.4, -0.2) is 42.3 Å². The third-order valence-corrected chi connectivity index (χ3v) is 5.78. The molecule has 1 aliphatic rings. The smallest absolute Gasteiger partial charge is 0.407 e. The van der Waals surface area contributed by atoms with Crippen LogP contribution in [0.2, 0.25) is 0 Å². The zero-order valence-corrected chi connectivity index (χ0v) is 20.1. The molecule has 180 valence electrons. The van der Waals surface area contributed by atoms with Gasteiger partial charge in [0.1, 0.15) is 12.6 Å². The highest BCUT2D eigenvalue weighted by Crippen LogP contribution is 2.44. The number of alkyl carbamates (subject to hydrolysis) is 1. The summed E-state index contributed by atoms with van der Waals surface area (Å²) in [5.74, 6) is -1.59. The molecule has 7 nitrogen and oxygen atoms in total. The van der Waals surface area contributed by atoms with Crippen LogP contribution in [0.3, 0.4) is 0 Å². The van der Waals surface area contributed by atoms with Crippen molar-refractivity contribution in [3.8, 4) is 11.1 Å². The molecular formula is C27H32N2O5. The highest BCUT2D eigenvalue weighted by molar-refractivity contribution is 5.95. The number of carbonyl (C=O) groups is 3. The molecule has 0 radical (unpaired) electrons. The zero-order chi connectivity index (χ0) is 24.9. The summed E-state index contributed by atoms with van der Waals surface area (Å²) in [6.45, 7) is 7.61. The van der Waals surface area contributed by atoms with Gasteiger partial charge < -0.3 is 20.5 Å². The lowest BCUT2D eigenvalue weighted by atomic mass is 9.88. The molecule has 7 heteroatoms. The first-order chi connectivity index (χ1) is 16.1. The van der Waals surface area contributed by atoms with Gasteiger partial charge in [0.25, 0.3) is 0 Å². The van der Waals surface area contributed by atoms with Crippen LogP contribution >= 0.6 is 0 Å². The number of hydrogen-bond acceptors (Lipinski definition) is 4. The third-order valence-electron chi connectivity index (χ3n) is 5.78. The summed E-state index contributed by atoms with van der Waals surface area (Å²) < 4.78 is 5.48. The zero-order valence-electron chi connectivity index (χ0n) is 20.1. The van der Waals surface area contributed by atoms with Crippen molar-refractivity contribution in [3.05, 3.63) is 71.3 Å². The second kappa shape index (κ2) is 10.5. The Morgan fingerprint density at radius 2 is 1.59 bits per heavy atom. The van der Waals surface area contributed by atoms with Crippen molar-refractivity contribution in [3.63, 3.8) is 0 Å². The van der Waals surface area contributed by atoms with E-state index in [0.717, 1.165) is 22.3 Å². The third kappa shape index (κ3) is 6.25. The second-order valence-corrected chi connectivity index (χ2v) is 9.72. The lowest BCUT2D eigenvalue weighted by Gasteiger charge is -2.24. The molecule has 1 unspecified atom stereocenters. The molecule has 2 aromatic rings.